The predicted molar refractivity (Wildman–Crippen MR) is 157 cm³/mol. The number of aromatic nitrogens is 2. The van der Waals surface area contributed by atoms with Gasteiger partial charge in [-0.2, -0.15) is 0 Å². The van der Waals surface area contributed by atoms with Gasteiger partial charge in [0.25, 0.3) is 0 Å². The van der Waals surface area contributed by atoms with Crippen molar-refractivity contribution in [3.05, 3.63) is 108 Å². The number of benzene rings is 3. The van der Waals surface area contributed by atoms with Crippen LogP contribution in [0.15, 0.2) is 91.3 Å². The molecular weight excluding hydrogens is 468 g/mol. The van der Waals surface area contributed by atoms with Gasteiger partial charge >= 0.3 is 0 Å². The number of aryl methyl sites for hydroxylation is 2. The Morgan fingerprint density at radius 1 is 0.784 bits per heavy atom. The van der Waals surface area contributed by atoms with Crippen molar-refractivity contribution in [2.24, 2.45) is 5.92 Å². The summed E-state index contributed by atoms with van der Waals surface area (Å²) in [6.07, 6.45) is 7.29. The molecule has 3 heteroatoms. The van der Waals surface area contributed by atoms with Crippen LogP contribution in [-0.4, -0.2) is 9.97 Å². The fraction of sp³-hybridized carbons (Fsp3) is 0.176. The maximum Gasteiger partial charge on any atom is 0.0880 e. The number of rotatable bonds is 4. The van der Waals surface area contributed by atoms with Gasteiger partial charge in [0.05, 0.1) is 10.4 Å². The second-order valence-electron chi connectivity index (χ2n) is 10.5. The average molecular weight is 497 g/mol. The second-order valence-corrected chi connectivity index (χ2v) is 11.5. The molecule has 37 heavy (non-hydrogen) atoms. The molecule has 3 aromatic carbocycles. The first-order valence-electron chi connectivity index (χ1n) is 13.1. The fourth-order valence-electron chi connectivity index (χ4n) is 5.80. The molecule has 180 valence electrons. The van der Waals surface area contributed by atoms with E-state index in [1.165, 1.54) is 64.8 Å². The molecule has 1 aliphatic carbocycles. The van der Waals surface area contributed by atoms with E-state index in [1.54, 1.807) is 0 Å². The molecule has 3 aromatic heterocycles. The van der Waals surface area contributed by atoms with E-state index in [2.05, 4.69) is 98.9 Å². The summed E-state index contributed by atoms with van der Waals surface area (Å²) in [4.78, 5) is 11.2. The van der Waals surface area contributed by atoms with Gasteiger partial charge in [-0.05, 0) is 82.5 Å². The number of nitrogens with zero attached hydrogens (tertiary/aromatic N) is 2. The van der Waals surface area contributed by atoms with E-state index in [9.17, 15) is 0 Å². The number of fused-ring (bicyclic) bond motifs is 6. The zero-order valence-electron chi connectivity index (χ0n) is 21.2. The van der Waals surface area contributed by atoms with Crippen LogP contribution in [0.5, 0.6) is 0 Å². The lowest BCUT2D eigenvalue weighted by Crippen LogP contribution is -2.05. The molecule has 0 fully saturated rings. The monoisotopic (exact) mass is 496 g/mol. The molecule has 0 saturated carbocycles. The van der Waals surface area contributed by atoms with Gasteiger partial charge < -0.3 is 0 Å². The van der Waals surface area contributed by atoms with Gasteiger partial charge in [0, 0.05) is 39.5 Å². The highest BCUT2D eigenvalue weighted by Gasteiger charge is 2.24. The Morgan fingerprint density at radius 3 is 2.49 bits per heavy atom. The molecule has 0 bridgehead atoms. The minimum Gasteiger partial charge on any atom is -0.261 e. The predicted octanol–water partition coefficient (Wildman–Crippen LogP) is 9.14. The largest absolute Gasteiger partial charge is 0.261 e. The first-order chi connectivity index (χ1) is 18.2. The third-order valence-corrected chi connectivity index (χ3v) is 8.77. The van der Waals surface area contributed by atoms with Crippen LogP contribution < -0.4 is 0 Å². The highest BCUT2D eigenvalue weighted by atomic mass is 32.1. The van der Waals surface area contributed by atoms with Gasteiger partial charge in [0.1, 0.15) is 0 Å². The van der Waals surface area contributed by atoms with Crippen LogP contribution in [0, 0.1) is 5.92 Å². The lowest BCUT2D eigenvalue weighted by atomic mass is 9.89. The normalized spacial score (nSPS) is 12.7. The summed E-state index contributed by atoms with van der Waals surface area (Å²) in [5, 5.41) is 3.86. The van der Waals surface area contributed by atoms with E-state index < -0.39 is 0 Å². The molecule has 7 rings (SSSR count). The first-order valence-corrected chi connectivity index (χ1v) is 13.9. The van der Waals surface area contributed by atoms with Crippen LogP contribution in [-0.2, 0) is 19.3 Å². The quantitative estimate of drug-likeness (QED) is 0.243. The fourth-order valence-corrected chi connectivity index (χ4v) is 7.20. The van der Waals surface area contributed by atoms with Crippen molar-refractivity contribution in [1.82, 2.24) is 9.97 Å². The van der Waals surface area contributed by atoms with Crippen molar-refractivity contribution in [3.8, 4) is 32.8 Å². The number of hydrogen-bond acceptors (Lipinski definition) is 3. The SMILES string of the molecule is CC(C)Cc1cc2c(cn1)-c1sc3c(-c4cc(-c5ccccc5)c5ccccc5c4)nccc3c1CC2. The van der Waals surface area contributed by atoms with E-state index in [-0.39, 0.29) is 0 Å². The molecular formula is C34H28N2S. The Kier molecular flexibility index (Phi) is 5.40. The minimum absolute atomic E-state index is 0.616. The minimum atomic E-state index is 0.616. The molecule has 2 nitrogen and oxygen atoms in total. The van der Waals surface area contributed by atoms with Crippen LogP contribution in [0.2, 0.25) is 0 Å². The maximum atomic E-state index is 4.96. The Bertz CT molecular complexity index is 1780. The summed E-state index contributed by atoms with van der Waals surface area (Å²) in [6, 6.07) is 28.5. The summed E-state index contributed by atoms with van der Waals surface area (Å²) in [6.45, 7) is 4.52. The summed E-state index contributed by atoms with van der Waals surface area (Å²) >= 11 is 1.89. The Hall–Kier alpha value is -3.82. The van der Waals surface area contributed by atoms with Crippen molar-refractivity contribution in [1.29, 1.82) is 0 Å². The molecule has 0 saturated heterocycles. The highest BCUT2D eigenvalue weighted by Crippen LogP contribution is 2.47. The summed E-state index contributed by atoms with van der Waals surface area (Å²) < 4.78 is 1.28. The van der Waals surface area contributed by atoms with Crippen LogP contribution in [0.4, 0.5) is 0 Å². The van der Waals surface area contributed by atoms with Crippen LogP contribution in [0.25, 0.3) is 53.7 Å². The van der Waals surface area contributed by atoms with E-state index in [1.807, 2.05) is 17.5 Å². The molecule has 0 N–H and O–H groups in total. The lowest BCUT2D eigenvalue weighted by molar-refractivity contribution is 0.634. The highest BCUT2D eigenvalue weighted by molar-refractivity contribution is 7.23. The first kappa shape index (κ1) is 22.4. The zero-order chi connectivity index (χ0) is 24.9. The molecule has 0 unspecified atom stereocenters. The van der Waals surface area contributed by atoms with Gasteiger partial charge in [0.2, 0.25) is 0 Å². The van der Waals surface area contributed by atoms with Crippen LogP contribution >= 0.6 is 11.3 Å². The van der Waals surface area contributed by atoms with Gasteiger partial charge in [-0.15, -0.1) is 11.3 Å². The van der Waals surface area contributed by atoms with Crippen LogP contribution in [0.1, 0.15) is 30.7 Å². The number of hydrogen-bond donors (Lipinski definition) is 0. The van der Waals surface area contributed by atoms with Crippen molar-refractivity contribution in [3.63, 3.8) is 0 Å². The molecule has 6 aromatic rings. The molecule has 3 heterocycles. The van der Waals surface area contributed by atoms with E-state index >= 15 is 0 Å². The smallest absolute Gasteiger partial charge is 0.0880 e. The molecule has 0 aliphatic heterocycles. The molecule has 1 aliphatic rings. The van der Waals surface area contributed by atoms with E-state index in [0.29, 0.717) is 5.92 Å². The van der Waals surface area contributed by atoms with Gasteiger partial charge in [0.15, 0.2) is 0 Å². The Balaban J connectivity index is 1.42. The third kappa shape index (κ3) is 3.86. The topological polar surface area (TPSA) is 25.8 Å². The third-order valence-electron chi connectivity index (χ3n) is 7.48. The van der Waals surface area contributed by atoms with Crippen molar-refractivity contribution in [2.75, 3.05) is 0 Å². The van der Waals surface area contributed by atoms with Crippen molar-refractivity contribution >= 4 is 32.2 Å². The van der Waals surface area contributed by atoms with Crippen molar-refractivity contribution in [2.45, 2.75) is 33.1 Å². The average Bonchev–Trinajstić information content (AvgIpc) is 3.32. The standard InChI is InChI=1S/C34H28N2S/c1-21(2)16-26-18-24-12-13-28-29-14-15-35-32(34(29)37-33(28)31(24)20-36-26)25-17-23-10-6-7-11-27(23)30(19-25)22-8-4-3-5-9-22/h3-11,14-15,17-21H,12-13,16H2,1-2H3. The summed E-state index contributed by atoms with van der Waals surface area (Å²) in [5.41, 5.74) is 10.2. The van der Waals surface area contributed by atoms with Crippen LogP contribution in [0.3, 0.4) is 0 Å². The maximum absolute atomic E-state index is 4.96. The molecule has 0 spiro atoms. The lowest BCUT2D eigenvalue weighted by Gasteiger charge is -2.17. The van der Waals surface area contributed by atoms with Gasteiger partial charge in [-0.1, -0.05) is 68.4 Å². The van der Waals surface area contributed by atoms with Crippen molar-refractivity contribution < 1.29 is 0 Å². The van der Waals surface area contributed by atoms with E-state index in [0.717, 1.165) is 25.0 Å². The number of thiophene rings is 1. The van der Waals surface area contributed by atoms with Gasteiger partial charge in [-0.3, -0.25) is 9.97 Å². The molecule has 0 atom stereocenters. The molecule has 0 amide bonds. The number of pyridine rings is 2. The molecule has 0 radical (unpaired) electrons. The Labute approximate surface area is 221 Å². The second kappa shape index (κ2) is 8.93. The Morgan fingerprint density at radius 2 is 1.62 bits per heavy atom. The zero-order valence-corrected chi connectivity index (χ0v) is 22.0. The summed E-state index contributed by atoms with van der Waals surface area (Å²) in [5.74, 6) is 0.616. The van der Waals surface area contributed by atoms with E-state index in [4.69, 9.17) is 9.97 Å². The summed E-state index contributed by atoms with van der Waals surface area (Å²) in [7, 11) is 0. The van der Waals surface area contributed by atoms with Gasteiger partial charge in [-0.25, -0.2) is 0 Å².